The zero-order valence-electron chi connectivity index (χ0n) is 12.1. The van der Waals surface area contributed by atoms with Crippen molar-refractivity contribution in [3.63, 3.8) is 0 Å². The first-order valence-corrected chi connectivity index (χ1v) is 7.96. The summed E-state index contributed by atoms with van der Waals surface area (Å²) >= 11 is 7.63. The minimum atomic E-state index is -0.0978. The van der Waals surface area contributed by atoms with E-state index in [-0.39, 0.29) is 6.61 Å². The number of aliphatic hydroxyl groups excluding tert-OH is 1. The predicted molar refractivity (Wildman–Crippen MR) is 86.1 cm³/mol. The second-order valence-electron chi connectivity index (χ2n) is 5.32. The number of aromatic nitrogens is 3. The zero-order valence-corrected chi connectivity index (χ0v) is 13.7. The van der Waals surface area contributed by atoms with Gasteiger partial charge in [0.15, 0.2) is 0 Å². The number of halogens is 1. The lowest BCUT2D eigenvalue weighted by molar-refractivity contribution is 0.275. The predicted octanol–water partition coefficient (Wildman–Crippen LogP) is 4.04. The highest BCUT2D eigenvalue weighted by atomic mass is 35.5. The number of fused-ring (bicyclic) bond motifs is 1. The molecule has 0 saturated carbocycles. The minimum absolute atomic E-state index is 0.0978. The molecular formula is C15H16ClN3OS. The molecule has 0 fully saturated rings. The summed E-state index contributed by atoms with van der Waals surface area (Å²) in [5.74, 6) is 0.351. The largest absolute Gasteiger partial charge is 0.390 e. The fourth-order valence-electron chi connectivity index (χ4n) is 2.20. The van der Waals surface area contributed by atoms with E-state index < -0.39 is 0 Å². The fourth-order valence-corrected chi connectivity index (χ4v) is 3.24. The van der Waals surface area contributed by atoms with Crippen LogP contribution >= 0.6 is 22.9 Å². The Balaban J connectivity index is 2.18. The van der Waals surface area contributed by atoms with Crippen molar-refractivity contribution >= 4 is 27.9 Å². The molecule has 1 N–H and O–H groups in total. The van der Waals surface area contributed by atoms with Gasteiger partial charge in [-0.3, -0.25) is 0 Å². The number of imidazole rings is 1. The molecule has 0 unspecified atom stereocenters. The van der Waals surface area contributed by atoms with Crippen LogP contribution in [-0.4, -0.2) is 19.7 Å². The lowest BCUT2D eigenvalue weighted by Gasteiger charge is -2.04. The third-order valence-corrected chi connectivity index (χ3v) is 5.02. The highest BCUT2D eigenvalue weighted by Crippen LogP contribution is 2.31. The molecule has 0 radical (unpaired) electrons. The van der Waals surface area contributed by atoms with E-state index in [1.54, 1.807) is 15.9 Å². The van der Waals surface area contributed by atoms with Gasteiger partial charge < -0.3 is 5.11 Å². The normalized spacial score (nSPS) is 11.7. The van der Waals surface area contributed by atoms with E-state index in [0.29, 0.717) is 5.92 Å². The van der Waals surface area contributed by atoms with Gasteiger partial charge in [0.25, 0.3) is 0 Å². The molecule has 3 aromatic rings. The molecule has 1 aromatic carbocycles. The molecule has 0 bridgehead atoms. The number of hydrogen-bond donors (Lipinski definition) is 1. The van der Waals surface area contributed by atoms with Gasteiger partial charge in [0.2, 0.25) is 4.96 Å². The van der Waals surface area contributed by atoms with E-state index in [4.69, 9.17) is 11.6 Å². The Bertz CT molecular complexity index is 807. The number of rotatable bonds is 3. The van der Waals surface area contributed by atoms with Crippen LogP contribution < -0.4 is 0 Å². The monoisotopic (exact) mass is 321 g/mol. The standard InChI is InChI=1S/C15H16ClN3OS/c1-8(2)14-18-19-12(7-20)13(17-15(19)21-14)10-4-5-11(16)9(3)6-10/h4-6,8,20H,7H2,1-3H3. The summed E-state index contributed by atoms with van der Waals surface area (Å²) < 4.78 is 1.75. The van der Waals surface area contributed by atoms with E-state index in [1.165, 1.54) is 0 Å². The van der Waals surface area contributed by atoms with Gasteiger partial charge in [-0.25, -0.2) is 9.50 Å². The third kappa shape index (κ3) is 2.46. The molecule has 0 aliphatic carbocycles. The molecule has 0 saturated heterocycles. The van der Waals surface area contributed by atoms with E-state index >= 15 is 0 Å². The molecule has 0 amide bonds. The molecule has 0 atom stereocenters. The van der Waals surface area contributed by atoms with Crippen LogP contribution in [0.1, 0.15) is 36.0 Å². The summed E-state index contributed by atoms with van der Waals surface area (Å²) in [6.45, 7) is 6.05. The van der Waals surface area contributed by atoms with Crippen molar-refractivity contribution in [2.24, 2.45) is 0 Å². The van der Waals surface area contributed by atoms with Gasteiger partial charge in [-0.2, -0.15) is 5.10 Å². The van der Waals surface area contributed by atoms with Crippen LogP contribution in [0.2, 0.25) is 5.02 Å². The van der Waals surface area contributed by atoms with Gasteiger partial charge in [-0.15, -0.1) is 0 Å². The fraction of sp³-hybridized carbons (Fsp3) is 0.333. The summed E-state index contributed by atoms with van der Waals surface area (Å²) in [5.41, 5.74) is 3.43. The number of aryl methyl sites for hydroxylation is 1. The summed E-state index contributed by atoms with van der Waals surface area (Å²) in [6, 6.07) is 5.76. The summed E-state index contributed by atoms with van der Waals surface area (Å²) in [6.07, 6.45) is 0. The van der Waals surface area contributed by atoms with Crippen molar-refractivity contribution < 1.29 is 5.11 Å². The Labute approximate surface area is 132 Å². The minimum Gasteiger partial charge on any atom is -0.390 e. The first-order valence-electron chi connectivity index (χ1n) is 6.77. The second-order valence-corrected chi connectivity index (χ2v) is 6.71. The van der Waals surface area contributed by atoms with Gasteiger partial charge in [0.05, 0.1) is 18.0 Å². The molecule has 110 valence electrons. The Kier molecular flexibility index (Phi) is 3.73. The molecule has 0 aliphatic rings. The van der Waals surface area contributed by atoms with Crippen LogP contribution in [0.25, 0.3) is 16.2 Å². The third-order valence-electron chi connectivity index (χ3n) is 3.39. The van der Waals surface area contributed by atoms with Gasteiger partial charge in [0, 0.05) is 16.5 Å². The molecule has 4 nitrogen and oxygen atoms in total. The Hall–Kier alpha value is -1.43. The summed E-state index contributed by atoms with van der Waals surface area (Å²) in [7, 11) is 0. The maximum atomic E-state index is 9.72. The lowest BCUT2D eigenvalue weighted by Crippen LogP contribution is -1.97. The molecule has 6 heteroatoms. The van der Waals surface area contributed by atoms with Crippen molar-refractivity contribution in [1.82, 2.24) is 14.6 Å². The van der Waals surface area contributed by atoms with Crippen LogP contribution in [0, 0.1) is 6.92 Å². The quantitative estimate of drug-likeness (QED) is 0.792. The Morgan fingerprint density at radius 1 is 1.38 bits per heavy atom. The highest BCUT2D eigenvalue weighted by Gasteiger charge is 2.18. The van der Waals surface area contributed by atoms with Gasteiger partial charge in [0.1, 0.15) is 5.01 Å². The molecule has 0 aliphatic heterocycles. The lowest BCUT2D eigenvalue weighted by atomic mass is 10.1. The van der Waals surface area contributed by atoms with E-state index in [0.717, 1.165) is 37.5 Å². The molecule has 3 rings (SSSR count). The maximum Gasteiger partial charge on any atom is 0.213 e. The Morgan fingerprint density at radius 3 is 2.76 bits per heavy atom. The smallest absolute Gasteiger partial charge is 0.213 e. The van der Waals surface area contributed by atoms with E-state index in [1.807, 2.05) is 25.1 Å². The first kappa shape index (κ1) is 14.5. The number of nitrogens with zero attached hydrogens (tertiary/aromatic N) is 3. The van der Waals surface area contributed by atoms with Gasteiger partial charge >= 0.3 is 0 Å². The van der Waals surface area contributed by atoms with Crippen LogP contribution in [0.5, 0.6) is 0 Å². The van der Waals surface area contributed by atoms with Gasteiger partial charge in [-0.05, 0) is 24.6 Å². The SMILES string of the molecule is Cc1cc(-c2nc3sc(C(C)C)nn3c2CO)ccc1Cl. The molecule has 0 spiro atoms. The highest BCUT2D eigenvalue weighted by molar-refractivity contribution is 7.16. The van der Waals surface area contributed by atoms with E-state index in [9.17, 15) is 5.11 Å². The van der Waals surface area contributed by atoms with Crippen LogP contribution in [-0.2, 0) is 6.61 Å². The topological polar surface area (TPSA) is 50.4 Å². The van der Waals surface area contributed by atoms with Crippen molar-refractivity contribution in [3.05, 3.63) is 39.5 Å². The summed E-state index contributed by atoms with van der Waals surface area (Å²) in [5, 5.41) is 16.0. The number of aliphatic hydroxyl groups is 1. The number of hydrogen-bond acceptors (Lipinski definition) is 4. The molecule has 21 heavy (non-hydrogen) atoms. The molecule has 2 heterocycles. The average molecular weight is 322 g/mol. The zero-order chi connectivity index (χ0) is 15.1. The maximum absolute atomic E-state index is 9.72. The average Bonchev–Trinajstić information content (AvgIpc) is 2.98. The molecular weight excluding hydrogens is 306 g/mol. The first-order chi connectivity index (χ1) is 10.0. The van der Waals surface area contributed by atoms with Crippen LogP contribution in [0.4, 0.5) is 0 Å². The van der Waals surface area contributed by atoms with Crippen LogP contribution in [0.15, 0.2) is 18.2 Å². The van der Waals surface area contributed by atoms with Crippen molar-refractivity contribution in [3.8, 4) is 11.3 Å². The van der Waals surface area contributed by atoms with Crippen LogP contribution in [0.3, 0.4) is 0 Å². The van der Waals surface area contributed by atoms with E-state index in [2.05, 4.69) is 23.9 Å². The van der Waals surface area contributed by atoms with Crippen molar-refractivity contribution in [1.29, 1.82) is 0 Å². The number of benzene rings is 1. The van der Waals surface area contributed by atoms with Crippen molar-refractivity contribution in [2.45, 2.75) is 33.3 Å². The summed E-state index contributed by atoms with van der Waals surface area (Å²) in [4.78, 5) is 5.45. The molecule has 2 aromatic heterocycles. The Morgan fingerprint density at radius 2 is 2.14 bits per heavy atom. The van der Waals surface area contributed by atoms with Crippen molar-refractivity contribution in [2.75, 3.05) is 0 Å². The second kappa shape index (κ2) is 5.40. The van der Waals surface area contributed by atoms with Gasteiger partial charge in [-0.1, -0.05) is 42.9 Å².